The van der Waals surface area contributed by atoms with Crippen molar-refractivity contribution < 1.29 is 13.3 Å². The monoisotopic (exact) mass is 376 g/mol. The van der Waals surface area contributed by atoms with E-state index >= 15 is 0 Å². The molecule has 2 aromatic rings. The quantitative estimate of drug-likeness (QED) is 0.572. The largest absolute Gasteiger partial charge is 0.373 e. The van der Waals surface area contributed by atoms with E-state index in [0.717, 1.165) is 24.3 Å². The Balaban J connectivity index is 2.25. The molecule has 1 atom stereocenters. The molecule has 0 fully saturated rings. The van der Waals surface area contributed by atoms with Gasteiger partial charge in [-0.25, -0.2) is 8.42 Å². The minimum atomic E-state index is -3.50. The average molecular weight is 376 g/mol. The molecule has 0 amide bonds. The van der Waals surface area contributed by atoms with E-state index in [4.69, 9.17) is 0 Å². The molecular weight excluding hydrogens is 352 g/mol. The highest BCUT2D eigenvalue weighted by atomic mass is 32.2. The van der Waals surface area contributed by atoms with Crippen molar-refractivity contribution in [3.8, 4) is 0 Å². The molecule has 6 nitrogen and oxygen atoms in total. The molecule has 0 heterocycles. The molecule has 0 aromatic heterocycles. The number of benzene rings is 2. The first-order chi connectivity index (χ1) is 12.1. The molecule has 0 aliphatic carbocycles. The zero-order valence-corrected chi connectivity index (χ0v) is 16.2. The van der Waals surface area contributed by atoms with Crippen molar-refractivity contribution in [1.82, 2.24) is 0 Å². The molecule has 2 rings (SSSR count). The van der Waals surface area contributed by atoms with Crippen molar-refractivity contribution in [3.63, 3.8) is 0 Å². The minimum absolute atomic E-state index is 0.0690. The highest BCUT2D eigenvalue weighted by molar-refractivity contribution is 7.90. The number of sulfone groups is 1. The minimum Gasteiger partial charge on any atom is -0.373 e. The maximum atomic E-state index is 11.6. The van der Waals surface area contributed by atoms with Crippen molar-refractivity contribution in [2.24, 2.45) is 5.92 Å². The summed E-state index contributed by atoms with van der Waals surface area (Å²) in [6.07, 6.45) is 2.03. The van der Waals surface area contributed by atoms with Crippen LogP contribution in [0.5, 0.6) is 0 Å². The second kappa shape index (κ2) is 7.86. The van der Waals surface area contributed by atoms with Gasteiger partial charge in [0.25, 0.3) is 5.69 Å². The van der Waals surface area contributed by atoms with Gasteiger partial charge in [0.15, 0.2) is 9.84 Å². The predicted octanol–water partition coefficient (Wildman–Crippen LogP) is 4.37. The van der Waals surface area contributed by atoms with Crippen molar-refractivity contribution in [2.45, 2.75) is 38.1 Å². The lowest BCUT2D eigenvalue weighted by Gasteiger charge is -2.17. The van der Waals surface area contributed by atoms with Gasteiger partial charge in [-0.15, -0.1) is 0 Å². The molecule has 140 valence electrons. The number of nitro groups is 1. The van der Waals surface area contributed by atoms with E-state index in [9.17, 15) is 18.5 Å². The third kappa shape index (κ3) is 5.05. The molecule has 0 saturated carbocycles. The van der Waals surface area contributed by atoms with Crippen LogP contribution in [-0.2, 0) is 16.3 Å². The molecule has 0 unspecified atom stereocenters. The fraction of sp³-hybridized carbons (Fsp3) is 0.368. The lowest BCUT2D eigenvalue weighted by Crippen LogP contribution is -2.09. The number of nitrogens with one attached hydrogen (secondary N) is 1. The maximum absolute atomic E-state index is 11.6. The van der Waals surface area contributed by atoms with Gasteiger partial charge in [-0.1, -0.05) is 38.1 Å². The molecule has 1 N–H and O–H groups in total. The van der Waals surface area contributed by atoms with E-state index in [2.05, 4.69) is 31.3 Å². The van der Waals surface area contributed by atoms with Crippen molar-refractivity contribution in [3.05, 3.63) is 63.7 Å². The Hall–Kier alpha value is -2.41. The second-order valence-electron chi connectivity index (χ2n) is 6.91. The fourth-order valence-corrected chi connectivity index (χ4v) is 3.39. The van der Waals surface area contributed by atoms with E-state index in [-0.39, 0.29) is 16.6 Å². The molecular formula is C19H24N2O4S. The molecule has 0 radical (unpaired) electrons. The highest BCUT2D eigenvalue weighted by Gasteiger charge is 2.20. The third-order valence-electron chi connectivity index (χ3n) is 4.09. The van der Waals surface area contributed by atoms with E-state index in [1.807, 2.05) is 19.1 Å². The van der Waals surface area contributed by atoms with Crippen molar-refractivity contribution in [1.29, 1.82) is 0 Å². The van der Waals surface area contributed by atoms with Crippen LogP contribution >= 0.6 is 0 Å². The van der Waals surface area contributed by atoms with Gasteiger partial charge < -0.3 is 5.32 Å². The number of anilines is 1. The van der Waals surface area contributed by atoms with Gasteiger partial charge in [0, 0.05) is 18.4 Å². The number of nitrogens with zero attached hydrogens (tertiary/aromatic N) is 1. The van der Waals surface area contributed by atoms with Gasteiger partial charge >= 0.3 is 0 Å². The van der Waals surface area contributed by atoms with Crippen molar-refractivity contribution in [2.75, 3.05) is 11.6 Å². The van der Waals surface area contributed by atoms with Crippen LogP contribution in [0.3, 0.4) is 0 Å². The standard InChI is InChI=1S/C19H24N2O4S/c1-13(2)11-15-5-7-16(8-6-15)14(3)20-18-10-9-17(26(4,24)25)12-19(18)21(22)23/h5-10,12-14,20H,11H2,1-4H3/t14-/m0/s1. The summed E-state index contributed by atoms with van der Waals surface area (Å²) in [5.74, 6) is 0.576. The van der Waals surface area contributed by atoms with Gasteiger partial charge in [-0.3, -0.25) is 10.1 Å². The van der Waals surface area contributed by atoms with E-state index in [0.29, 0.717) is 11.6 Å². The topological polar surface area (TPSA) is 89.3 Å². The smallest absolute Gasteiger partial charge is 0.293 e. The Morgan fingerprint density at radius 1 is 1.08 bits per heavy atom. The van der Waals surface area contributed by atoms with Crippen LogP contribution in [0.2, 0.25) is 0 Å². The van der Waals surface area contributed by atoms with Gasteiger partial charge in [-0.05, 0) is 42.5 Å². The van der Waals surface area contributed by atoms with Gasteiger partial charge in [-0.2, -0.15) is 0 Å². The zero-order valence-electron chi connectivity index (χ0n) is 15.4. The number of nitro benzene ring substituents is 1. The van der Waals surface area contributed by atoms with Gasteiger partial charge in [0.2, 0.25) is 0 Å². The van der Waals surface area contributed by atoms with E-state index in [1.54, 1.807) is 0 Å². The average Bonchev–Trinajstić information content (AvgIpc) is 2.54. The second-order valence-corrected chi connectivity index (χ2v) is 8.93. The highest BCUT2D eigenvalue weighted by Crippen LogP contribution is 2.30. The summed E-state index contributed by atoms with van der Waals surface area (Å²) < 4.78 is 23.3. The Kier molecular flexibility index (Phi) is 6.02. The first-order valence-electron chi connectivity index (χ1n) is 8.42. The molecule has 0 saturated heterocycles. The SMILES string of the molecule is CC(C)Cc1ccc([C@H](C)Nc2ccc(S(C)(=O)=O)cc2[N+](=O)[O-])cc1. The van der Waals surface area contributed by atoms with E-state index in [1.165, 1.54) is 17.7 Å². The summed E-state index contributed by atoms with van der Waals surface area (Å²) >= 11 is 0. The normalized spacial score (nSPS) is 12.8. The van der Waals surface area contributed by atoms with Crippen LogP contribution in [0.15, 0.2) is 47.4 Å². The first-order valence-corrected chi connectivity index (χ1v) is 10.3. The van der Waals surface area contributed by atoms with Crippen molar-refractivity contribution >= 4 is 21.2 Å². The molecule has 7 heteroatoms. The lowest BCUT2D eigenvalue weighted by molar-refractivity contribution is -0.384. The molecule has 0 bridgehead atoms. The van der Waals surface area contributed by atoms with Gasteiger partial charge in [0.05, 0.1) is 9.82 Å². The molecule has 0 aliphatic rings. The summed E-state index contributed by atoms with van der Waals surface area (Å²) in [6, 6.07) is 11.9. The van der Waals surface area contributed by atoms with Crippen LogP contribution in [0.1, 0.15) is 37.9 Å². The predicted molar refractivity (Wildman–Crippen MR) is 103 cm³/mol. The first kappa shape index (κ1) is 19.9. The Morgan fingerprint density at radius 3 is 2.19 bits per heavy atom. The summed E-state index contributed by atoms with van der Waals surface area (Å²) in [7, 11) is -3.50. The Labute approximate surface area is 154 Å². The van der Waals surface area contributed by atoms with Crippen LogP contribution in [0.25, 0.3) is 0 Å². The lowest BCUT2D eigenvalue weighted by atomic mass is 10.00. The molecule has 0 spiro atoms. The third-order valence-corrected chi connectivity index (χ3v) is 5.20. The van der Waals surface area contributed by atoms with Crippen LogP contribution < -0.4 is 5.32 Å². The van der Waals surface area contributed by atoms with Crippen LogP contribution in [0.4, 0.5) is 11.4 Å². The maximum Gasteiger partial charge on any atom is 0.293 e. The summed E-state index contributed by atoms with van der Waals surface area (Å²) in [5.41, 5.74) is 2.29. The summed E-state index contributed by atoms with van der Waals surface area (Å²) in [6.45, 7) is 6.24. The van der Waals surface area contributed by atoms with Crippen LogP contribution in [0, 0.1) is 16.0 Å². The van der Waals surface area contributed by atoms with E-state index < -0.39 is 14.8 Å². The number of rotatable bonds is 7. The molecule has 26 heavy (non-hydrogen) atoms. The Morgan fingerprint density at radius 2 is 1.69 bits per heavy atom. The summed E-state index contributed by atoms with van der Waals surface area (Å²) in [5, 5.41) is 14.4. The zero-order chi connectivity index (χ0) is 19.5. The van der Waals surface area contributed by atoms with Gasteiger partial charge in [0.1, 0.15) is 5.69 Å². The summed E-state index contributed by atoms with van der Waals surface area (Å²) in [4.78, 5) is 10.7. The number of hydrogen-bond donors (Lipinski definition) is 1. The van der Waals surface area contributed by atoms with Crippen LogP contribution in [-0.4, -0.2) is 19.6 Å². The fourth-order valence-electron chi connectivity index (χ4n) is 2.75. The number of hydrogen-bond acceptors (Lipinski definition) is 5. The molecule has 0 aliphatic heterocycles. The molecule has 2 aromatic carbocycles. The Bertz CT molecular complexity index is 890.